The number of carbonyl (C=O) groups excluding carboxylic acids is 1. The molecule has 1 aliphatic heterocycles. The Labute approximate surface area is 182 Å². The Morgan fingerprint density at radius 2 is 1.90 bits per heavy atom. The van der Waals surface area contributed by atoms with Crippen LogP contribution in [0.25, 0.3) is 5.82 Å². The first-order valence-corrected chi connectivity index (χ1v) is 10.3. The highest BCUT2D eigenvalue weighted by Crippen LogP contribution is 2.17. The molecule has 1 aliphatic rings. The zero-order chi connectivity index (χ0) is 22.1. The summed E-state index contributed by atoms with van der Waals surface area (Å²) in [7, 11) is 2.15. The predicted molar refractivity (Wildman–Crippen MR) is 119 cm³/mol. The molecule has 0 amide bonds. The number of likely N-dealkylation sites (N-methyl/N-ethyl adjacent to an activating group) is 1. The molecule has 0 atom stereocenters. The number of ether oxygens (including phenoxy) is 1. The van der Waals surface area contributed by atoms with Crippen molar-refractivity contribution in [3.05, 3.63) is 54.7 Å². The lowest BCUT2D eigenvalue weighted by Gasteiger charge is -2.33. The van der Waals surface area contributed by atoms with E-state index >= 15 is 0 Å². The van der Waals surface area contributed by atoms with Crippen molar-refractivity contribution in [1.29, 1.82) is 0 Å². The number of nitrogens with zero attached hydrogens (tertiary/aromatic N) is 7. The van der Waals surface area contributed by atoms with Crippen LogP contribution < -0.4 is 9.64 Å². The fraction of sp³-hybridized carbons (Fsp3) is 0.409. The topological polar surface area (TPSA) is 89.3 Å². The molecular formula is C22H29N7O2. The SMILES string of the molecule is CC(C)COc1cc(N2CCN(C)CC2)ncn1.O=Cc1ccc(-n2cccn2)nc1. The van der Waals surface area contributed by atoms with Crippen molar-refractivity contribution in [3.63, 3.8) is 0 Å². The molecule has 9 heteroatoms. The van der Waals surface area contributed by atoms with E-state index in [1.54, 1.807) is 35.5 Å². The first-order chi connectivity index (χ1) is 15.0. The molecule has 4 heterocycles. The second kappa shape index (κ2) is 11.2. The van der Waals surface area contributed by atoms with Crippen molar-refractivity contribution in [2.45, 2.75) is 13.8 Å². The Bertz CT molecular complexity index is 921. The van der Waals surface area contributed by atoms with Crippen molar-refractivity contribution < 1.29 is 9.53 Å². The molecule has 31 heavy (non-hydrogen) atoms. The van der Waals surface area contributed by atoms with Gasteiger partial charge in [0, 0.05) is 56.4 Å². The van der Waals surface area contributed by atoms with Crippen LogP contribution >= 0.6 is 0 Å². The molecule has 1 fully saturated rings. The Kier molecular flexibility index (Phi) is 8.05. The molecule has 9 nitrogen and oxygen atoms in total. The molecule has 0 spiro atoms. The largest absolute Gasteiger partial charge is 0.477 e. The first kappa shape index (κ1) is 22.4. The Morgan fingerprint density at radius 3 is 2.52 bits per heavy atom. The van der Waals surface area contributed by atoms with Crippen LogP contribution in [0, 0.1) is 5.92 Å². The second-order valence-electron chi connectivity index (χ2n) is 7.73. The summed E-state index contributed by atoms with van der Waals surface area (Å²) in [6.45, 7) is 9.12. The summed E-state index contributed by atoms with van der Waals surface area (Å²) < 4.78 is 7.27. The van der Waals surface area contributed by atoms with Gasteiger partial charge >= 0.3 is 0 Å². The van der Waals surface area contributed by atoms with E-state index in [9.17, 15) is 4.79 Å². The normalized spacial score (nSPS) is 14.1. The van der Waals surface area contributed by atoms with E-state index < -0.39 is 0 Å². The van der Waals surface area contributed by atoms with E-state index in [4.69, 9.17) is 4.74 Å². The van der Waals surface area contributed by atoms with Crippen LogP contribution in [0.15, 0.2) is 49.2 Å². The van der Waals surface area contributed by atoms with Crippen LogP contribution in [0.2, 0.25) is 0 Å². The Hall–Kier alpha value is -3.33. The number of aldehydes is 1. The molecule has 3 aromatic heterocycles. The van der Waals surface area contributed by atoms with Gasteiger partial charge in [-0.1, -0.05) is 13.8 Å². The van der Waals surface area contributed by atoms with Gasteiger partial charge in [-0.05, 0) is 31.2 Å². The number of pyridine rings is 1. The van der Waals surface area contributed by atoms with Gasteiger partial charge in [-0.25, -0.2) is 19.6 Å². The van der Waals surface area contributed by atoms with Gasteiger partial charge in [0.1, 0.15) is 12.1 Å². The summed E-state index contributed by atoms with van der Waals surface area (Å²) in [5.41, 5.74) is 0.566. The molecule has 1 saturated heterocycles. The van der Waals surface area contributed by atoms with E-state index in [0.29, 0.717) is 29.8 Å². The van der Waals surface area contributed by atoms with Gasteiger partial charge in [-0.3, -0.25) is 4.79 Å². The monoisotopic (exact) mass is 423 g/mol. The number of piperazine rings is 1. The lowest BCUT2D eigenvalue weighted by molar-refractivity contribution is 0.112. The van der Waals surface area contributed by atoms with Gasteiger partial charge < -0.3 is 14.5 Å². The third-order valence-electron chi connectivity index (χ3n) is 4.67. The molecule has 4 rings (SSSR count). The highest BCUT2D eigenvalue weighted by molar-refractivity contribution is 5.74. The summed E-state index contributed by atoms with van der Waals surface area (Å²) in [6, 6.07) is 7.21. The van der Waals surface area contributed by atoms with Crippen LogP contribution in [0.3, 0.4) is 0 Å². The first-order valence-electron chi connectivity index (χ1n) is 10.3. The third kappa shape index (κ3) is 6.85. The summed E-state index contributed by atoms with van der Waals surface area (Å²) in [4.78, 5) is 27.5. The fourth-order valence-electron chi connectivity index (χ4n) is 2.88. The van der Waals surface area contributed by atoms with Gasteiger partial charge in [0.25, 0.3) is 0 Å². The molecule has 0 bridgehead atoms. The van der Waals surface area contributed by atoms with Gasteiger partial charge in [0.2, 0.25) is 5.88 Å². The zero-order valence-electron chi connectivity index (χ0n) is 18.3. The number of carbonyl (C=O) groups is 1. The van der Waals surface area contributed by atoms with Crippen LogP contribution in [-0.2, 0) is 0 Å². The Balaban J connectivity index is 0.000000185. The minimum absolute atomic E-state index is 0.507. The number of hydrogen-bond donors (Lipinski definition) is 0. The smallest absolute Gasteiger partial charge is 0.218 e. The van der Waals surface area contributed by atoms with Gasteiger partial charge in [-0.2, -0.15) is 5.10 Å². The summed E-state index contributed by atoms with van der Waals surface area (Å²) >= 11 is 0. The average Bonchev–Trinajstić information content (AvgIpc) is 3.34. The van der Waals surface area contributed by atoms with E-state index in [2.05, 4.69) is 50.7 Å². The molecule has 164 valence electrons. The van der Waals surface area contributed by atoms with Crippen molar-refractivity contribution >= 4 is 12.1 Å². The fourth-order valence-corrected chi connectivity index (χ4v) is 2.88. The van der Waals surface area contributed by atoms with E-state index in [1.165, 1.54) is 6.20 Å². The van der Waals surface area contributed by atoms with Crippen molar-refractivity contribution in [1.82, 2.24) is 29.6 Å². The molecule has 3 aromatic rings. The number of aromatic nitrogens is 5. The number of hydrogen-bond acceptors (Lipinski definition) is 8. The van der Waals surface area contributed by atoms with E-state index in [1.807, 2.05) is 12.1 Å². The van der Waals surface area contributed by atoms with Crippen molar-refractivity contribution in [3.8, 4) is 11.7 Å². The van der Waals surface area contributed by atoms with Crippen LogP contribution in [0.4, 0.5) is 5.82 Å². The van der Waals surface area contributed by atoms with Crippen LogP contribution in [0.5, 0.6) is 5.88 Å². The summed E-state index contributed by atoms with van der Waals surface area (Å²) in [5, 5.41) is 4.01. The lowest BCUT2D eigenvalue weighted by Crippen LogP contribution is -2.44. The maximum atomic E-state index is 10.3. The molecular weight excluding hydrogens is 394 g/mol. The molecule has 0 unspecified atom stereocenters. The Morgan fingerprint density at radius 1 is 1.10 bits per heavy atom. The molecule has 0 N–H and O–H groups in total. The van der Waals surface area contributed by atoms with Crippen molar-refractivity contribution in [2.75, 3.05) is 44.7 Å². The van der Waals surface area contributed by atoms with Crippen LogP contribution in [-0.4, -0.2) is 75.8 Å². The second-order valence-corrected chi connectivity index (χ2v) is 7.73. The van der Waals surface area contributed by atoms with E-state index in [0.717, 1.165) is 38.3 Å². The summed E-state index contributed by atoms with van der Waals surface area (Å²) in [6.07, 6.45) is 7.34. The lowest BCUT2D eigenvalue weighted by atomic mass is 10.2. The molecule has 0 saturated carbocycles. The standard InChI is InChI=1S/C13H22N4O.C9H7N3O/c1-11(2)9-18-13-8-12(14-10-15-13)17-6-4-16(3)5-7-17;13-7-8-2-3-9(10-6-8)12-5-1-4-11-12/h8,10-11H,4-7,9H2,1-3H3;1-7H. The average molecular weight is 424 g/mol. The predicted octanol–water partition coefficient (Wildman–Crippen LogP) is 2.34. The molecule has 0 aromatic carbocycles. The van der Waals surface area contributed by atoms with Crippen LogP contribution in [0.1, 0.15) is 24.2 Å². The van der Waals surface area contributed by atoms with E-state index in [-0.39, 0.29) is 0 Å². The molecule has 0 radical (unpaired) electrons. The highest BCUT2D eigenvalue weighted by atomic mass is 16.5. The minimum atomic E-state index is 0.507. The number of anilines is 1. The highest BCUT2D eigenvalue weighted by Gasteiger charge is 2.16. The maximum absolute atomic E-state index is 10.3. The summed E-state index contributed by atoms with van der Waals surface area (Å²) in [5.74, 6) is 2.85. The number of rotatable bonds is 6. The maximum Gasteiger partial charge on any atom is 0.218 e. The van der Waals surface area contributed by atoms with Gasteiger partial charge in [-0.15, -0.1) is 0 Å². The third-order valence-corrected chi connectivity index (χ3v) is 4.67. The zero-order valence-corrected chi connectivity index (χ0v) is 18.3. The minimum Gasteiger partial charge on any atom is -0.477 e. The quantitative estimate of drug-likeness (QED) is 0.558. The molecule has 0 aliphatic carbocycles. The van der Waals surface area contributed by atoms with Gasteiger partial charge in [0.15, 0.2) is 12.1 Å². The van der Waals surface area contributed by atoms with Crippen molar-refractivity contribution in [2.24, 2.45) is 5.92 Å². The van der Waals surface area contributed by atoms with Gasteiger partial charge in [0.05, 0.1) is 6.61 Å².